The summed E-state index contributed by atoms with van der Waals surface area (Å²) < 4.78 is 11.2. The summed E-state index contributed by atoms with van der Waals surface area (Å²) in [6.45, 7) is 4.57. The summed E-state index contributed by atoms with van der Waals surface area (Å²) in [6.07, 6.45) is 0. The van der Waals surface area contributed by atoms with Crippen LogP contribution >= 0.6 is 0 Å². The highest BCUT2D eigenvalue weighted by molar-refractivity contribution is 6.05. The van der Waals surface area contributed by atoms with E-state index in [2.05, 4.69) is 0 Å². The third kappa shape index (κ3) is 2.85. The lowest BCUT2D eigenvalue weighted by Gasteiger charge is -2.38. The number of carboxylic acids is 1. The summed E-state index contributed by atoms with van der Waals surface area (Å²) in [7, 11) is 0. The average molecular weight is 309 g/mol. The Balaban J connectivity index is 2.63. The average Bonchev–Trinajstić information content (AvgIpc) is 2.44. The number of fused-ring (bicyclic) bond motifs is 1. The van der Waals surface area contributed by atoms with Crippen molar-refractivity contribution in [3.05, 3.63) is 17.7 Å². The van der Waals surface area contributed by atoms with Gasteiger partial charge in [-0.15, -0.1) is 0 Å². The van der Waals surface area contributed by atoms with Crippen LogP contribution in [-0.2, 0) is 16.2 Å². The van der Waals surface area contributed by atoms with E-state index in [0.29, 0.717) is 29.4 Å². The molecule has 1 aliphatic rings. The Bertz CT molecular complexity index is 610. The molecule has 0 aromatic heterocycles. The van der Waals surface area contributed by atoms with Crippen LogP contribution < -0.4 is 14.4 Å². The number of carbonyl (C=O) groups excluding carboxylic acids is 1. The monoisotopic (exact) mass is 309 g/mol. The minimum atomic E-state index is -1.20. The van der Waals surface area contributed by atoms with Crippen molar-refractivity contribution in [1.82, 2.24) is 0 Å². The molecule has 0 aliphatic carbocycles. The number of aliphatic carboxylic acids is 1. The van der Waals surface area contributed by atoms with E-state index in [-0.39, 0.29) is 6.61 Å². The van der Waals surface area contributed by atoms with Crippen molar-refractivity contribution in [1.29, 1.82) is 0 Å². The molecule has 1 aliphatic heterocycles. The zero-order valence-corrected chi connectivity index (χ0v) is 12.8. The summed E-state index contributed by atoms with van der Waals surface area (Å²) >= 11 is 0. The van der Waals surface area contributed by atoms with Crippen LogP contribution in [0.15, 0.2) is 12.1 Å². The number of aliphatic hydroxyl groups excluding tert-OH is 1. The summed E-state index contributed by atoms with van der Waals surface area (Å²) in [5.41, 5.74) is -0.398. The zero-order chi connectivity index (χ0) is 16.5. The van der Waals surface area contributed by atoms with Crippen molar-refractivity contribution < 1.29 is 29.3 Å². The number of carbonyl (C=O) groups is 2. The fourth-order valence-electron chi connectivity index (χ4n) is 2.33. The maximum absolute atomic E-state index is 12.4. The van der Waals surface area contributed by atoms with Gasteiger partial charge in [-0.25, -0.2) is 0 Å². The van der Waals surface area contributed by atoms with Crippen LogP contribution in [0, 0.1) is 0 Å². The molecule has 0 radical (unpaired) electrons. The molecule has 0 saturated heterocycles. The molecule has 0 spiro atoms. The van der Waals surface area contributed by atoms with Gasteiger partial charge in [-0.3, -0.25) is 14.5 Å². The minimum Gasteiger partial charge on any atom is -0.490 e. The van der Waals surface area contributed by atoms with E-state index in [1.807, 2.05) is 0 Å². The largest absolute Gasteiger partial charge is 0.490 e. The number of anilines is 1. The second-order valence-corrected chi connectivity index (χ2v) is 5.43. The van der Waals surface area contributed by atoms with E-state index >= 15 is 0 Å². The van der Waals surface area contributed by atoms with E-state index in [9.17, 15) is 14.7 Å². The normalized spacial score (nSPS) is 16.0. The molecule has 0 saturated carbocycles. The first-order valence-electron chi connectivity index (χ1n) is 6.93. The molecule has 1 heterocycles. The van der Waals surface area contributed by atoms with Crippen LogP contribution in [0.2, 0.25) is 0 Å². The predicted octanol–water partition coefficient (Wildman–Crippen LogP) is 1.17. The predicted molar refractivity (Wildman–Crippen MR) is 78.2 cm³/mol. The van der Waals surface area contributed by atoms with Crippen LogP contribution in [-0.4, -0.2) is 40.8 Å². The molecule has 7 nitrogen and oxygen atoms in total. The number of amides is 1. The van der Waals surface area contributed by atoms with Gasteiger partial charge in [0.05, 0.1) is 18.9 Å². The molecular weight excluding hydrogens is 290 g/mol. The lowest BCUT2D eigenvalue weighted by Crippen LogP contribution is -2.54. The number of rotatable bonds is 5. The van der Waals surface area contributed by atoms with Gasteiger partial charge in [0.15, 0.2) is 17.1 Å². The molecule has 7 heteroatoms. The lowest BCUT2D eigenvalue weighted by atomic mass is 10.0. The van der Waals surface area contributed by atoms with Gasteiger partial charge in [-0.1, -0.05) is 0 Å². The first kappa shape index (κ1) is 16.1. The van der Waals surface area contributed by atoms with E-state index < -0.39 is 24.0 Å². The SMILES string of the molecule is CCOc1cc(CO)cc2c1OC(C)(C)C(=O)N2CC(=O)O. The van der Waals surface area contributed by atoms with E-state index in [1.165, 1.54) is 6.07 Å². The van der Waals surface area contributed by atoms with E-state index in [4.69, 9.17) is 14.6 Å². The Kier molecular flexibility index (Phi) is 4.27. The van der Waals surface area contributed by atoms with Gasteiger partial charge in [0.1, 0.15) is 6.54 Å². The molecule has 0 atom stereocenters. The zero-order valence-electron chi connectivity index (χ0n) is 12.8. The number of hydrogen-bond donors (Lipinski definition) is 2. The molecule has 120 valence electrons. The third-order valence-corrected chi connectivity index (χ3v) is 3.28. The topological polar surface area (TPSA) is 96.3 Å². The Hall–Kier alpha value is -2.28. The smallest absolute Gasteiger partial charge is 0.323 e. The third-order valence-electron chi connectivity index (χ3n) is 3.28. The number of hydrogen-bond acceptors (Lipinski definition) is 5. The van der Waals surface area contributed by atoms with Gasteiger partial charge in [0, 0.05) is 0 Å². The second-order valence-electron chi connectivity index (χ2n) is 5.43. The van der Waals surface area contributed by atoms with Crippen molar-refractivity contribution in [2.75, 3.05) is 18.1 Å². The highest BCUT2D eigenvalue weighted by Crippen LogP contribution is 2.45. The van der Waals surface area contributed by atoms with Crippen LogP contribution in [0.3, 0.4) is 0 Å². The Morgan fingerprint density at radius 2 is 2.09 bits per heavy atom. The summed E-state index contributed by atoms with van der Waals surface area (Å²) in [5, 5.41) is 18.4. The number of nitrogens with zero attached hydrogens (tertiary/aromatic N) is 1. The van der Waals surface area contributed by atoms with Gasteiger partial charge < -0.3 is 19.7 Å². The molecule has 1 aromatic carbocycles. The minimum absolute atomic E-state index is 0.258. The van der Waals surface area contributed by atoms with Crippen LogP contribution in [0.25, 0.3) is 0 Å². The fraction of sp³-hybridized carbons (Fsp3) is 0.467. The first-order valence-corrected chi connectivity index (χ1v) is 6.93. The fourth-order valence-corrected chi connectivity index (χ4v) is 2.33. The standard InChI is InChI=1S/C15H19NO6/c1-4-21-11-6-9(8-17)5-10-13(11)22-15(2,3)14(20)16(10)7-12(18)19/h5-6,17H,4,7-8H2,1-3H3,(H,18,19). The van der Waals surface area contributed by atoms with Crippen LogP contribution in [0.4, 0.5) is 5.69 Å². The Morgan fingerprint density at radius 1 is 1.41 bits per heavy atom. The first-order chi connectivity index (χ1) is 10.3. The van der Waals surface area contributed by atoms with Crippen molar-refractivity contribution in [2.45, 2.75) is 33.0 Å². The van der Waals surface area contributed by atoms with Crippen molar-refractivity contribution >= 4 is 17.6 Å². The Morgan fingerprint density at radius 3 is 2.64 bits per heavy atom. The van der Waals surface area contributed by atoms with Gasteiger partial charge in [0.2, 0.25) is 0 Å². The van der Waals surface area contributed by atoms with Gasteiger partial charge in [-0.2, -0.15) is 0 Å². The van der Waals surface area contributed by atoms with Crippen LogP contribution in [0.5, 0.6) is 11.5 Å². The molecule has 22 heavy (non-hydrogen) atoms. The molecule has 2 rings (SSSR count). The molecule has 2 N–H and O–H groups in total. The molecule has 0 unspecified atom stereocenters. The number of ether oxygens (including phenoxy) is 2. The summed E-state index contributed by atoms with van der Waals surface area (Å²) in [4.78, 5) is 24.7. The summed E-state index contributed by atoms with van der Waals surface area (Å²) in [5.74, 6) is -0.908. The van der Waals surface area contributed by atoms with Gasteiger partial charge in [0.25, 0.3) is 5.91 Å². The van der Waals surface area contributed by atoms with E-state index in [0.717, 1.165) is 4.90 Å². The molecule has 0 bridgehead atoms. The maximum Gasteiger partial charge on any atom is 0.323 e. The van der Waals surface area contributed by atoms with Crippen molar-refractivity contribution in [3.8, 4) is 11.5 Å². The van der Waals surface area contributed by atoms with Gasteiger partial charge >= 0.3 is 5.97 Å². The Labute approximate surface area is 128 Å². The highest BCUT2D eigenvalue weighted by atomic mass is 16.5. The molecule has 1 aromatic rings. The number of benzene rings is 1. The summed E-state index contributed by atoms with van der Waals surface area (Å²) in [6, 6.07) is 3.15. The quantitative estimate of drug-likeness (QED) is 0.847. The van der Waals surface area contributed by atoms with Gasteiger partial charge in [-0.05, 0) is 38.5 Å². The second kappa shape index (κ2) is 5.84. The number of aliphatic hydroxyl groups is 1. The van der Waals surface area contributed by atoms with Crippen molar-refractivity contribution in [2.24, 2.45) is 0 Å². The lowest BCUT2D eigenvalue weighted by molar-refractivity contribution is -0.139. The van der Waals surface area contributed by atoms with Crippen LogP contribution in [0.1, 0.15) is 26.3 Å². The molecular formula is C15H19NO6. The highest BCUT2D eigenvalue weighted by Gasteiger charge is 2.43. The molecule has 0 fully saturated rings. The van der Waals surface area contributed by atoms with Crippen molar-refractivity contribution in [3.63, 3.8) is 0 Å². The molecule has 1 amide bonds. The maximum atomic E-state index is 12.4. The van der Waals surface area contributed by atoms with E-state index in [1.54, 1.807) is 26.8 Å². The number of carboxylic acid groups (broad SMARTS) is 1.